The zero-order valence-corrected chi connectivity index (χ0v) is 11.9. The van der Waals surface area contributed by atoms with E-state index in [4.69, 9.17) is 4.74 Å². The van der Waals surface area contributed by atoms with Crippen LogP contribution in [0.1, 0.15) is 0 Å². The van der Waals surface area contributed by atoms with Gasteiger partial charge < -0.3 is 15.4 Å². The summed E-state index contributed by atoms with van der Waals surface area (Å²) in [6.45, 7) is 0.788. The summed E-state index contributed by atoms with van der Waals surface area (Å²) in [5.41, 5.74) is 0.217. The van der Waals surface area contributed by atoms with Gasteiger partial charge in [-0.15, -0.1) is 0 Å². The number of nitrogens with zero attached hydrogens (tertiary/aromatic N) is 1. The summed E-state index contributed by atoms with van der Waals surface area (Å²) in [5, 5.41) is 16.2. The van der Waals surface area contributed by atoms with Gasteiger partial charge in [-0.1, -0.05) is 15.9 Å². The number of methoxy groups -OCH3 is 1. The molecule has 0 aromatic heterocycles. The third kappa shape index (κ3) is 5.23. The highest BCUT2D eigenvalue weighted by Crippen LogP contribution is 2.27. The molecule has 0 aliphatic rings. The average molecular weight is 332 g/mol. The Morgan fingerprint density at radius 1 is 1.53 bits per heavy atom. The molecule has 0 radical (unpaired) electrons. The first-order valence-electron chi connectivity index (χ1n) is 5.48. The third-order valence-corrected chi connectivity index (χ3v) is 2.72. The van der Waals surface area contributed by atoms with Crippen LogP contribution < -0.4 is 10.6 Å². The van der Waals surface area contributed by atoms with Crippen molar-refractivity contribution in [1.82, 2.24) is 5.32 Å². The van der Waals surface area contributed by atoms with Crippen LogP contribution >= 0.6 is 15.9 Å². The van der Waals surface area contributed by atoms with E-state index in [0.29, 0.717) is 23.3 Å². The molecule has 2 N–H and O–H groups in total. The van der Waals surface area contributed by atoms with Crippen LogP contribution in [0.5, 0.6) is 0 Å². The van der Waals surface area contributed by atoms with Crippen LogP contribution in [-0.2, 0) is 9.53 Å². The Morgan fingerprint density at radius 3 is 2.89 bits per heavy atom. The van der Waals surface area contributed by atoms with Crippen molar-refractivity contribution < 1.29 is 14.5 Å². The van der Waals surface area contributed by atoms with Crippen LogP contribution in [-0.4, -0.2) is 37.6 Å². The lowest BCUT2D eigenvalue weighted by molar-refractivity contribution is -0.384. The Balaban J connectivity index is 2.57. The van der Waals surface area contributed by atoms with E-state index in [2.05, 4.69) is 26.6 Å². The minimum absolute atomic E-state index is 0.0355. The first-order valence-corrected chi connectivity index (χ1v) is 6.27. The molecule has 7 nitrogen and oxygen atoms in total. The fourth-order valence-electron chi connectivity index (χ4n) is 1.34. The van der Waals surface area contributed by atoms with Crippen molar-refractivity contribution in [3.8, 4) is 0 Å². The summed E-state index contributed by atoms with van der Waals surface area (Å²) in [6.07, 6.45) is 0. The van der Waals surface area contributed by atoms with Crippen LogP contribution in [0, 0.1) is 10.1 Å². The highest BCUT2D eigenvalue weighted by Gasteiger charge is 2.14. The monoisotopic (exact) mass is 331 g/mol. The van der Waals surface area contributed by atoms with E-state index in [1.165, 1.54) is 13.2 Å². The molecule has 0 heterocycles. The molecule has 1 amide bonds. The van der Waals surface area contributed by atoms with E-state index in [0.717, 1.165) is 0 Å². The number of hydrogen-bond donors (Lipinski definition) is 2. The fraction of sp³-hybridized carbons (Fsp3) is 0.364. The van der Waals surface area contributed by atoms with Gasteiger partial charge in [0.2, 0.25) is 5.91 Å². The zero-order chi connectivity index (χ0) is 14.3. The molecule has 0 saturated carbocycles. The second kappa shape index (κ2) is 7.70. The topological polar surface area (TPSA) is 93.5 Å². The zero-order valence-electron chi connectivity index (χ0n) is 10.3. The Hall–Kier alpha value is -1.67. The number of nitro benzene ring substituents is 1. The highest BCUT2D eigenvalue weighted by atomic mass is 79.9. The largest absolute Gasteiger partial charge is 0.383 e. The maximum absolute atomic E-state index is 11.4. The second-order valence-electron chi connectivity index (χ2n) is 3.61. The summed E-state index contributed by atoms with van der Waals surface area (Å²) in [7, 11) is 1.54. The van der Waals surface area contributed by atoms with Gasteiger partial charge >= 0.3 is 0 Å². The van der Waals surface area contributed by atoms with Crippen LogP contribution in [0.4, 0.5) is 11.4 Å². The Bertz CT molecular complexity index is 467. The smallest absolute Gasteiger partial charge is 0.293 e. The van der Waals surface area contributed by atoms with Crippen molar-refractivity contribution >= 4 is 33.2 Å². The lowest BCUT2D eigenvalue weighted by Crippen LogP contribution is -2.32. The van der Waals surface area contributed by atoms with Crippen molar-refractivity contribution in [1.29, 1.82) is 0 Å². The van der Waals surface area contributed by atoms with Gasteiger partial charge in [-0.2, -0.15) is 0 Å². The van der Waals surface area contributed by atoms with Crippen molar-refractivity contribution in [2.45, 2.75) is 0 Å². The van der Waals surface area contributed by atoms with Gasteiger partial charge in [-0.05, 0) is 12.1 Å². The van der Waals surface area contributed by atoms with E-state index in [-0.39, 0.29) is 18.1 Å². The molecule has 0 saturated heterocycles. The molecule has 0 aliphatic heterocycles. The highest BCUT2D eigenvalue weighted by molar-refractivity contribution is 9.10. The number of anilines is 1. The molecule has 8 heteroatoms. The van der Waals surface area contributed by atoms with Crippen molar-refractivity contribution in [3.63, 3.8) is 0 Å². The summed E-state index contributed by atoms with van der Waals surface area (Å²) < 4.78 is 5.39. The van der Waals surface area contributed by atoms with E-state index >= 15 is 0 Å². The van der Waals surface area contributed by atoms with Gasteiger partial charge in [0.05, 0.1) is 18.1 Å². The van der Waals surface area contributed by atoms with Crippen LogP contribution in [0.15, 0.2) is 22.7 Å². The standard InChI is InChI=1S/C11H14BrN3O4/c1-19-5-4-13-11(16)7-14-9-3-2-8(12)6-10(9)15(17)18/h2-3,6,14H,4-5,7H2,1H3,(H,13,16). The Kier molecular flexibility index (Phi) is 6.23. The molecule has 0 bridgehead atoms. The predicted octanol–water partition coefficient (Wildman–Crippen LogP) is 1.53. The van der Waals surface area contributed by atoms with Gasteiger partial charge in [0.1, 0.15) is 5.69 Å². The number of rotatable bonds is 7. The number of carbonyl (C=O) groups excluding carboxylic acids is 1. The molecular formula is C11H14BrN3O4. The van der Waals surface area contributed by atoms with Crippen molar-refractivity contribution in [2.75, 3.05) is 32.1 Å². The maximum atomic E-state index is 11.4. The van der Waals surface area contributed by atoms with Crippen LogP contribution in [0.3, 0.4) is 0 Å². The first kappa shape index (κ1) is 15.4. The van der Waals surface area contributed by atoms with Gasteiger partial charge in [0, 0.05) is 24.2 Å². The first-order chi connectivity index (χ1) is 9.04. The number of carbonyl (C=O) groups is 1. The lowest BCUT2D eigenvalue weighted by Gasteiger charge is -2.08. The normalized spacial score (nSPS) is 10.0. The Morgan fingerprint density at radius 2 is 2.26 bits per heavy atom. The molecular weight excluding hydrogens is 318 g/mol. The van der Waals surface area contributed by atoms with E-state index in [1.807, 2.05) is 0 Å². The van der Waals surface area contributed by atoms with Crippen LogP contribution in [0.25, 0.3) is 0 Å². The quantitative estimate of drug-likeness (QED) is 0.449. The van der Waals surface area contributed by atoms with Crippen LogP contribution in [0.2, 0.25) is 0 Å². The number of hydrogen-bond acceptors (Lipinski definition) is 5. The molecule has 0 fully saturated rings. The molecule has 0 spiro atoms. The molecule has 0 aliphatic carbocycles. The SMILES string of the molecule is COCCNC(=O)CNc1ccc(Br)cc1[N+](=O)[O-]. The summed E-state index contributed by atoms with van der Waals surface area (Å²) >= 11 is 3.16. The van der Waals surface area contributed by atoms with Gasteiger partial charge in [-0.25, -0.2) is 0 Å². The maximum Gasteiger partial charge on any atom is 0.293 e. The van der Waals surface area contributed by atoms with Gasteiger partial charge in [0.25, 0.3) is 5.69 Å². The molecule has 1 rings (SSSR count). The summed E-state index contributed by atoms with van der Waals surface area (Å²) in [6, 6.07) is 4.59. The molecule has 1 aromatic carbocycles. The second-order valence-corrected chi connectivity index (χ2v) is 4.53. The average Bonchev–Trinajstić information content (AvgIpc) is 2.37. The van der Waals surface area contributed by atoms with Crippen molar-refractivity contribution in [2.24, 2.45) is 0 Å². The number of benzene rings is 1. The minimum Gasteiger partial charge on any atom is -0.383 e. The molecule has 0 unspecified atom stereocenters. The molecule has 104 valence electrons. The summed E-state index contributed by atoms with van der Waals surface area (Å²) in [5.74, 6) is -0.255. The number of ether oxygens (including phenoxy) is 1. The summed E-state index contributed by atoms with van der Waals surface area (Å²) in [4.78, 5) is 21.8. The van der Waals surface area contributed by atoms with Gasteiger partial charge in [0.15, 0.2) is 0 Å². The number of nitrogens with one attached hydrogen (secondary N) is 2. The van der Waals surface area contributed by atoms with E-state index in [1.54, 1.807) is 12.1 Å². The number of amides is 1. The lowest BCUT2D eigenvalue weighted by atomic mass is 10.2. The van der Waals surface area contributed by atoms with E-state index in [9.17, 15) is 14.9 Å². The molecule has 19 heavy (non-hydrogen) atoms. The number of halogens is 1. The van der Waals surface area contributed by atoms with E-state index < -0.39 is 4.92 Å². The Labute approximate surface area is 118 Å². The molecule has 1 aromatic rings. The minimum atomic E-state index is -0.504. The predicted molar refractivity (Wildman–Crippen MR) is 74.2 cm³/mol. The molecule has 0 atom stereocenters. The number of nitro groups is 1. The van der Waals surface area contributed by atoms with Crippen molar-refractivity contribution in [3.05, 3.63) is 32.8 Å². The third-order valence-electron chi connectivity index (χ3n) is 2.22. The fourth-order valence-corrected chi connectivity index (χ4v) is 1.68. The van der Waals surface area contributed by atoms with Gasteiger partial charge in [-0.3, -0.25) is 14.9 Å².